The van der Waals surface area contributed by atoms with Crippen molar-refractivity contribution in [2.45, 2.75) is 0 Å². The predicted molar refractivity (Wildman–Crippen MR) is 257 cm³/mol. The summed E-state index contributed by atoms with van der Waals surface area (Å²) < 4.78 is 11.1. The van der Waals surface area contributed by atoms with Gasteiger partial charge in [-0.25, -0.2) is 24.9 Å². The third-order valence-electron chi connectivity index (χ3n) is 11.9. The molecule has 0 aliphatic carbocycles. The van der Waals surface area contributed by atoms with Gasteiger partial charge in [-0.05, 0) is 72.8 Å². The number of furan rings is 1. The van der Waals surface area contributed by atoms with E-state index in [1.807, 2.05) is 54.6 Å². The van der Waals surface area contributed by atoms with Crippen molar-refractivity contribution in [3.05, 3.63) is 194 Å². The van der Waals surface area contributed by atoms with E-state index in [9.17, 15) is 0 Å². The molecule has 0 aliphatic heterocycles. The third-order valence-corrected chi connectivity index (χ3v) is 13.0. The third kappa shape index (κ3) is 5.84. The zero-order chi connectivity index (χ0) is 41.4. The Labute approximate surface area is 364 Å². The van der Waals surface area contributed by atoms with E-state index in [1.54, 1.807) is 11.3 Å². The summed E-state index contributed by atoms with van der Waals surface area (Å²) in [6.07, 6.45) is 0. The monoisotopic (exact) mass is 824 g/mol. The number of para-hydroxylation sites is 2. The zero-order valence-electron chi connectivity index (χ0n) is 33.5. The highest BCUT2D eigenvalue weighted by Crippen LogP contribution is 2.41. The van der Waals surface area contributed by atoms with Gasteiger partial charge < -0.3 is 8.98 Å². The minimum Gasteiger partial charge on any atom is -0.456 e. The quantitative estimate of drug-likeness (QED) is 0.166. The Morgan fingerprint density at radius 1 is 0.365 bits per heavy atom. The summed E-state index contributed by atoms with van der Waals surface area (Å²) in [6, 6.07) is 66.8. The molecule has 0 aliphatic rings. The number of thiophene rings is 1. The van der Waals surface area contributed by atoms with Crippen molar-refractivity contribution < 1.29 is 4.42 Å². The van der Waals surface area contributed by atoms with Gasteiger partial charge in [0.25, 0.3) is 0 Å². The Hall–Kier alpha value is -8.33. The highest BCUT2D eigenvalue weighted by atomic mass is 32.1. The highest BCUT2D eigenvalue weighted by Gasteiger charge is 2.20. The fourth-order valence-electron chi connectivity index (χ4n) is 8.88. The summed E-state index contributed by atoms with van der Waals surface area (Å²) >= 11 is 1.73. The van der Waals surface area contributed by atoms with Crippen molar-refractivity contribution in [1.82, 2.24) is 29.5 Å². The van der Waals surface area contributed by atoms with Crippen molar-refractivity contribution in [3.8, 4) is 62.5 Å². The van der Waals surface area contributed by atoms with Crippen molar-refractivity contribution in [1.29, 1.82) is 0 Å². The Kier molecular flexibility index (Phi) is 7.94. The summed E-state index contributed by atoms with van der Waals surface area (Å²) in [5, 5.41) is 5.38. The lowest BCUT2D eigenvalue weighted by atomic mass is 10.1. The molecule has 0 radical (unpaired) electrons. The summed E-state index contributed by atoms with van der Waals surface area (Å²) in [5.41, 5.74) is 11.4. The van der Waals surface area contributed by atoms with Crippen LogP contribution >= 0.6 is 11.3 Å². The van der Waals surface area contributed by atoms with E-state index in [1.165, 1.54) is 10.1 Å². The van der Waals surface area contributed by atoms with Crippen molar-refractivity contribution in [2.75, 3.05) is 0 Å². The molecule has 0 spiro atoms. The fourth-order valence-corrected chi connectivity index (χ4v) is 10.0. The van der Waals surface area contributed by atoms with Crippen LogP contribution < -0.4 is 0 Å². The molecule has 0 saturated heterocycles. The molecule has 8 aromatic carbocycles. The molecule has 63 heavy (non-hydrogen) atoms. The van der Waals surface area contributed by atoms with Crippen LogP contribution in [0.5, 0.6) is 0 Å². The van der Waals surface area contributed by atoms with Gasteiger partial charge in [0.15, 0.2) is 23.3 Å². The average Bonchev–Trinajstić information content (AvgIpc) is 4.03. The molecule has 0 N–H and O–H groups in total. The molecule has 0 amide bonds. The Bertz CT molecular complexity index is 3910. The number of benzene rings is 8. The van der Waals surface area contributed by atoms with E-state index in [0.29, 0.717) is 23.3 Å². The first kappa shape index (κ1) is 35.4. The van der Waals surface area contributed by atoms with Gasteiger partial charge in [0.05, 0.1) is 26.9 Å². The maximum Gasteiger partial charge on any atom is 0.164 e. The predicted octanol–water partition coefficient (Wildman–Crippen LogP) is 14.4. The summed E-state index contributed by atoms with van der Waals surface area (Å²) in [5.74, 6) is 2.44. The van der Waals surface area contributed by atoms with Gasteiger partial charge in [0, 0.05) is 65.1 Å². The van der Waals surface area contributed by atoms with Gasteiger partial charge in [-0.15, -0.1) is 11.3 Å². The van der Waals surface area contributed by atoms with Crippen LogP contribution in [0.1, 0.15) is 0 Å². The van der Waals surface area contributed by atoms with E-state index in [4.69, 9.17) is 29.3 Å². The average molecular weight is 825 g/mol. The first-order valence-corrected chi connectivity index (χ1v) is 21.6. The van der Waals surface area contributed by atoms with Crippen LogP contribution in [0.2, 0.25) is 0 Å². The van der Waals surface area contributed by atoms with Gasteiger partial charge in [-0.3, -0.25) is 0 Å². The van der Waals surface area contributed by atoms with Crippen molar-refractivity contribution >= 4 is 75.4 Å². The summed E-state index contributed by atoms with van der Waals surface area (Å²) in [6.45, 7) is 0. The molecule has 0 fully saturated rings. The second-order valence-corrected chi connectivity index (χ2v) is 16.7. The van der Waals surface area contributed by atoms with Gasteiger partial charge >= 0.3 is 0 Å². The van der Waals surface area contributed by atoms with Crippen LogP contribution in [0.15, 0.2) is 199 Å². The van der Waals surface area contributed by atoms with E-state index < -0.39 is 0 Å². The summed E-state index contributed by atoms with van der Waals surface area (Å²) in [4.78, 5) is 25.7. The number of rotatable bonds is 6. The topological polar surface area (TPSA) is 82.5 Å². The SMILES string of the molecule is c1ccc(-c2nc(-c3ccc4oc5cc(-c6nc(-c7ccccc7)c7sc8ccccc8c7n6)ccc5c4c3)nc(-c3ccc4c(c3)c3ccccc3n4-c3ccccc3)n2)cc1. The van der Waals surface area contributed by atoms with Gasteiger partial charge in [0.2, 0.25) is 0 Å². The van der Waals surface area contributed by atoms with Crippen LogP contribution in [0.25, 0.3) is 127 Å². The molecule has 0 unspecified atom stereocenters. The first-order chi connectivity index (χ1) is 31.2. The molecular weight excluding hydrogens is 793 g/mol. The Morgan fingerprint density at radius 2 is 0.937 bits per heavy atom. The lowest BCUT2D eigenvalue weighted by Gasteiger charge is -2.10. The lowest BCUT2D eigenvalue weighted by Crippen LogP contribution is -2.00. The highest BCUT2D eigenvalue weighted by molar-refractivity contribution is 7.26. The molecule has 8 heteroatoms. The second-order valence-electron chi connectivity index (χ2n) is 15.7. The van der Waals surface area contributed by atoms with Crippen molar-refractivity contribution in [2.24, 2.45) is 0 Å². The normalized spacial score (nSPS) is 11.8. The minimum atomic E-state index is 0.580. The van der Waals surface area contributed by atoms with Gasteiger partial charge in [-0.1, -0.05) is 121 Å². The fraction of sp³-hybridized carbons (Fsp3) is 0. The number of hydrogen-bond acceptors (Lipinski definition) is 7. The van der Waals surface area contributed by atoms with Crippen LogP contribution in [0.4, 0.5) is 0 Å². The second kappa shape index (κ2) is 14.1. The Balaban J connectivity index is 0.939. The summed E-state index contributed by atoms with van der Waals surface area (Å²) in [7, 11) is 0. The van der Waals surface area contributed by atoms with Crippen LogP contribution in [-0.2, 0) is 0 Å². The number of aromatic nitrogens is 6. The van der Waals surface area contributed by atoms with Gasteiger partial charge in [0.1, 0.15) is 11.2 Å². The smallest absolute Gasteiger partial charge is 0.164 e. The van der Waals surface area contributed by atoms with E-state index in [2.05, 4.69) is 144 Å². The maximum atomic E-state index is 6.55. The number of fused-ring (bicyclic) bond motifs is 9. The molecule has 13 rings (SSSR count). The van der Waals surface area contributed by atoms with E-state index in [-0.39, 0.29) is 0 Å². The Morgan fingerprint density at radius 3 is 1.71 bits per heavy atom. The molecule has 294 valence electrons. The molecule has 13 aromatic rings. The number of nitrogens with zero attached hydrogens (tertiary/aromatic N) is 6. The first-order valence-electron chi connectivity index (χ1n) is 20.8. The molecule has 0 saturated carbocycles. The molecule has 5 heterocycles. The van der Waals surface area contributed by atoms with Crippen molar-refractivity contribution in [3.63, 3.8) is 0 Å². The van der Waals surface area contributed by atoms with Gasteiger partial charge in [-0.2, -0.15) is 0 Å². The van der Waals surface area contributed by atoms with Crippen LogP contribution in [-0.4, -0.2) is 29.5 Å². The molecule has 7 nitrogen and oxygen atoms in total. The minimum absolute atomic E-state index is 0.580. The maximum absolute atomic E-state index is 6.55. The zero-order valence-corrected chi connectivity index (χ0v) is 34.3. The molecule has 0 bridgehead atoms. The lowest BCUT2D eigenvalue weighted by molar-refractivity contribution is 0.669. The molecular formula is C55H32N6OS. The number of hydrogen-bond donors (Lipinski definition) is 0. The molecule has 0 atom stereocenters. The largest absolute Gasteiger partial charge is 0.456 e. The standard InChI is InChI=1S/C55H32N6OS/c1-4-14-33(15-5-1)49-51-50(41-21-11-13-23-48(41)63-51)57-53(56-49)37-24-27-40-43-31-36(26-29-46(43)62-47(40)32-37)55-59-52(34-16-6-2-7-17-34)58-54(60-55)35-25-28-45-42(30-35)39-20-10-12-22-44(39)61(45)38-18-8-3-9-19-38/h1-32H. The van der Waals surface area contributed by atoms with Crippen LogP contribution in [0.3, 0.4) is 0 Å². The van der Waals surface area contributed by atoms with E-state index in [0.717, 1.165) is 93.2 Å². The molecule has 5 aromatic heterocycles. The van der Waals surface area contributed by atoms with Crippen LogP contribution in [0, 0.1) is 0 Å². The van der Waals surface area contributed by atoms with E-state index >= 15 is 0 Å².